The molecule has 160 valence electrons. The van der Waals surface area contributed by atoms with Crippen LogP contribution in [-0.2, 0) is 16.1 Å². The van der Waals surface area contributed by atoms with Crippen LogP contribution >= 0.6 is 11.8 Å². The largest absolute Gasteiger partial charge is 0.376 e. The Balaban J connectivity index is 1.45. The van der Waals surface area contributed by atoms with E-state index in [0.717, 1.165) is 30.8 Å². The van der Waals surface area contributed by atoms with E-state index in [1.807, 2.05) is 16.7 Å². The molecule has 1 amide bonds. The van der Waals surface area contributed by atoms with Gasteiger partial charge in [0.15, 0.2) is 16.8 Å². The molecule has 8 nitrogen and oxygen atoms in total. The monoisotopic (exact) mass is 437 g/mol. The normalized spacial score (nSPS) is 15.7. The van der Waals surface area contributed by atoms with Crippen LogP contribution in [-0.4, -0.2) is 49.9 Å². The molecule has 1 aliphatic rings. The molecule has 0 spiro atoms. The molecular formula is C22H23N5O3S. The van der Waals surface area contributed by atoms with E-state index < -0.39 is 0 Å². The third-order valence-electron chi connectivity index (χ3n) is 4.97. The van der Waals surface area contributed by atoms with Gasteiger partial charge >= 0.3 is 0 Å². The van der Waals surface area contributed by atoms with Crippen LogP contribution < -0.4 is 5.32 Å². The Labute approximate surface area is 184 Å². The summed E-state index contributed by atoms with van der Waals surface area (Å²) < 4.78 is 7.82. The summed E-state index contributed by atoms with van der Waals surface area (Å²) in [6.07, 6.45) is 5.60. The smallest absolute Gasteiger partial charge is 0.234 e. The minimum atomic E-state index is -0.155. The lowest BCUT2D eigenvalue weighted by molar-refractivity contribution is -0.113. The van der Waals surface area contributed by atoms with Crippen molar-refractivity contribution in [2.45, 2.75) is 37.6 Å². The highest BCUT2D eigenvalue weighted by molar-refractivity contribution is 7.99. The van der Waals surface area contributed by atoms with E-state index in [0.29, 0.717) is 23.0 Å². The molecule has 1 N–H and O–H groups in total. The van der Waals surface area contributed by atoms with Crippen molar-refractivity contribution >= 4 is 29.1 Å². The molecule has 4 rings (SSSR count). The minimum Gasteiger partial charge on any atom is -0.376 e. The average molecular weight is 438 g/mol. The summed E-state index contributed by atoms with van der Waals surface area (Å²) in [6, 6.07) is 10.6. The number of amides is 1. The number of aromatic nitrogens is 4. The van der Waals surface area contributed by atoms with Crippen LogP contribution in [0.3, 0.4) is 0 Å². The number of hydrogen-bond donors (Lipinski definition) is 1. The van der Waals surface area contributed by atoms with Crippen LogP contribution in [0.2, 0.25) is 0 Å². The third-order valence-corrected chi connectivity index (χ3v) is 5.94. The molecule has 0 radical (unpaired) electrons. The van der Waals surface area contributed by atoms with Crippen LogP contribution in [0.25, 0.3) is 11.4 Å². The first-order valence-electron chi connectivity index (χ1n) is 10.1. The number of hydrogen-bond acceptors (Lipinski definition) is 7. The van der Waals surface area contributed by atoms with Crippen LogP contribution in [0, 0.1) is 0 Å². The molecule has 1 saturated heterocycles. The lowest BCUT2D eigenvalue weighted by atomic mass is 10.1. The summed E-state index contributed by atoms with van der Waals surface area (Å²) in [5.74, 6) is 0.761. The van der Waals surface area contributed by atoms with Gasteiger partial charge in [0.25, 0.3) is 0 Å². The molecule has 31 heavy (non-hydrogen) atoms. The summed E-state index contributed by atoms with van der Waals surface area (Å²) in [5.41, 5.74) is 2.18. The van der Waals surface area contributed by atoms with Gasteiger partial charge in [0.1, 0.15) is 0 Å². The number of thioether (sulfide) groups is 1. The molecule has 1 atom stereocenters. The molecular weight excluding hydrogens is 414 g/mol. The van der Waals surface area contributed by atoms with Crippen molar-refractivity contribution in [3.8, 4) is 11.4 Å². The standard InChI is InChI=1S/C22H23N5O3S/c1-15(28)16-4-6-18(7-5-16)24-20(29)14-31-22-26-25-21(17-8-10-23-11-9-17)27(22)13-19-3-2-12-30-19/h4-11,19H,2-3,12-14H2,1H3,(H,24,29). The number of pyridine rings is 1. The average Bonchev–Trinajstić information content (AvgIpc) is 3.44. The number of carbonyl (C=O) groups is 2. The van der Waals surface area contributed by atoms with Crippen molar-refractivity contribution in [3.05, 3.63) is 54.4 Å². The highest BCUT2D eigenvalue weighted by atomic mass is 32.2. The van der Waals surface area contributed by atoms with Crippen LogP contribution in [0.15, 0.2) is 53.9 Å². The molecule has 0 bridgehead atoms. The minimum absolute atomic E-state index is 0.0102. The van der Waals surface area contributed by atoms with Crippen molar-refractivity contribution in [2.75, 3.05) is 17.7 Å². The Morgan fingerprint density at radius 2 is 1.94 bits per heavy atom. The summed E-state index contributed by atoms with van der Waals surface area (Å²) in [6.45, 7) is 2.92. The molecule has 1 aromatic carbocycles. The van der Waals surface area contributed by atoms with E-state index in [2.05, 4.69) is 20.5 Å². The van der Waals surface area contributed by atoms with Crippen molar-refractivity contribution < 1.29 is 14.3 Å². The van der Waals surface area contributed by atoms with Gasteiger partial charge < -0.3 is 10.1 Å². The Bertz CT molecular complexity index is 1050. The maximum atomic E-state index is 12.4. The van der Waals surface area contributed by atoms with E-state index in [-0.39, 0.29) is 23.5 Å². The molecule has 1 unspecified atom stereocenters. The highest BCUT2D eigenvalue weighted by Crippen LogP contribution is 2.26. The van der Waals surface area contributed by atoms with E-state index in [1.165, 1.54) is 18.7 Å². The van der Waals surface area contributed by atoms with E-state index in [4.69, 9.17) is 4.74 Å². The predicted octanol–water partition coefficient (Wildman–Crippen LogP) is 3.45. The SMILES string of the molecule is CC(=O)c1ccc(NC(=O)CSc2nnc(-c3ccncc3)n2CC2CCCO2)cc1. The molecule has 3 aromatic rings. The maximum absolute atomic E-state index is 12.4. The van der Waals surface area contributed by atoms with E-state index in [1.54, 1.807) is 36.7 Å². The number of Topliss-reactive ketones (excluding diaryl/α,β-unsaturated/α-hetero) is 1. The van der Waals surface area contributed by atoms with Crippen molar-refractivity contribution in [3.63, 3.8) is 0 Å². The molecule has 1 fully saturated rings. The lowest BCUT2D eigenvalue weighted by Gasteiger charge is -2.14. The Kier molecular flexibility index (Phi) is 6.73. The fourth-order valence-electron chi connectivity index (χ4n) is 3.38. The van der Waals surface area contributed by atoms with Crippen LogP contribution in [0.5, 0.6) is 0 Å². The van der Waals surface area contributed by atoms with E-state index in [9.17, 15) is 9.59 Å². The first kappa shape index (κ1) is 21.2. The number of ketones is 1. The number of ether oxygens (including phenoxy) is 1. The number of anilines is 1. The van der Waals surface area contributed by atoms with Crippen molar-refractivity contribution in [1.29, 1.82) is 0 Å². The van der Waals surface area contributed by atoms with Crippen molar-refractivity contribution in [2.24, 2.45) is 0 Å². The summed E-state index contributed by atoms with van der Waals surface area (Å²) in [5, 5.41) is 12.2. The lowest BCUT2D eigenvalue weighted by Crippen LogP contribution is -2.18. The molecule has 1 aliphatic heterocycles. The van der Waals surface area contributed by atoms with Crippen LogP contribution in [0.4, 0.5) is 5.69 Å². The molecule has 9 heteroatoms. The molecule has 3 heterocycles. The molecule has 0 aliphatic carbocycles. The summed E-state index contributed by atoms with van der Waals surface area (Å²) in [7, 11) is 0. The number of rotatable bonds is 8. The van der Waals surface area contributed by atoms with Crippen molar-refractivity contribution in [1.82, 2.24) is 19.7 Å². The quantitative estimate of drug-likeness (QED) is 0.426. The molecule has 0 saturated carbocycles. The Morgan fingerprint density at radius 1 is 1.16 bits per heavy atom. The first-order chi connectivity index (χ1) is 15.1. The summed E-state index contributed by atoms with van der Waals surface area (Å²) in [4.78, 5) is 27.9. The van der Waals surface area contributed by atoms with Gasteiger partial charge in [0.2, 0.25) is 5.91 Å². The zero-order valence-electron chi connectivity index (χ0n) is 17.2. The van der Waals surface area contributed by atoms with Gasteiger partial charge in [0.05, 0.1) is 18.4 Å². The number of benzene rings is 1. The first-order valence-corrected chi connectivity index (χ1v) is 11.1. The predicted molar refractivity (Wildman–Crippen MR) is 118 cm³/mol. The zero-order valence-corrected chi connectivity index (χ0v) is 18.0. The second-order valence-electron chi connectivity index (χ2n) is 7.26. The van der Waals surface area contributed by atoms with Crippen LogP contribution in [0.1, 0.15) is 30.1 Å². The molecule has 2 aromatic heterocycles. The topological polar surface area (TPSA) is 99.0 Å². The van der Waals surface area contributed by atoms with Gasteiger partial charge in [-0.15, -0.1) is 10.2 Å². The second kappa shape index (κ2) is 9.84. The fourth-order valence-corrected chi connectivity index (χ4v) is 4.13. The third kappa shape index (κ3) is 5.36. The van der Waals surface area contributed by atoms with Gasteiger partial charge in [0, 0.05) is 35.8 Å². The summed E-state index contributed by atoms with van der Waals surface area (Å²) >= 11 is 1.33. The zero-order chi connectivity index (χ0) is 21.6. The second-order valence-corrected chi connectivity index (χ2v) is 8.20. The number of nitrogens with one attached hydrogen (secondary N) is 1. The van der Waals surface area contributed by atoms with Gasteiger partial charge in [-0.25, -0.2) is 0 Å². The van der Waals surface area contributed by atoms with Gasteiger partial charge in [-0.2, -0.15) is 0 Å². The van der Waals surface area contributed by atoms with E-state index >= 15 is 0 Å². The maximum Gasteiger partial charge on any atom is 0.234 e. The Hall–Kier alpha value is -3.04. The number of carbonyl (C=O) groups excluding carboxylic acids is 2. The Morgan fingerprint density at radius 3 is 2.61 bits per heavy atom. The highest BCUT2D eigenvalue weighted by Gasteiger charge is 2.22. The number of nitrogens with zero attached hydrogens (tertiary/aromatic N) is 4. The van der Waals surface area contributed by atoms with Gasteiger partial charge in [-0.3, -0.25) is 19.1 Å². The fraction of sp³-hybridized carbons (Fsp3) is 0.318. The van der Waals surface area contributed by atoms with Gasteiger partial charge in [-0.05, 0) is 56.2 Å². The van der Waals surface area contributed by atoms with Gasteiger partial charge in [-0.1, -0.05) is 11.8 Å².